The first-order valence-electron chi connectivity index (χ1n) is 5.02. The van der Waals surface area contributed by atoms with E-state index in [2.05, 4.69) is 9.97 Å². The summed E-state index contributed by atoms with van der Waals surface area (Å²) in [7, 11) is 0. The predicted octanol–water partition coefficient (Wildman–Crippen LogP) is 2.99. The number of hydrogen-bond acceptors (Lipinski definition) is 3. The Morgan fingerprint density at radius 2 is 2.12 bits per heavy atom. The van der Waals surface area contributed by atoms with Gasteiger partial charge in [0.25, 0.3) is 0 Å². The third-order valence-electron chi connectivity index (χ3n) is 2.50. The number of thiazole rings is 1. The summed E-state index contributed by atoms with van der Waals surface area (Å²) in [5, 5.41) is 9.77. The molecule has 17 heavy (non-hydrogen) atoms. The fourth-order valence-electron chi connectivity index (χ4n) is 1.71. The van der Waals surface area contributed by atoms with Crippen molar-refractivity contribution < 1.29 is 9.90 Å². The molecule has 0 aliphatic carbocycles. The first-order valence-corrected chi connectivity index (χ1v) is 5.83. The molecule has 0 bridgehead atoms. The lowest BCUT2D eigenvalue weighted by atomic mass is 10.2. The number of aromatic amines is 1. The maximum atomic E-state index is 11.0. The van der Waals surface area contributed by atoms with Crippen LogP contribution in [0.3, 0.4) is 0 Å². The Balaban J connectivity index is 2.20. The summed E-state index contributed by atoms with van der Waals surface area (Å²) in [6.07, 6.45) is 3.14. The Morgan fingerprint density at radius 1 is 1.29 bits per heavy atom. The molecule has 0 aliphatic rings. The first kappa shape index (κ1) is 10.0. The standard InChI is InChI=1S/C12H8N2O2S/c15-12(16)8-6-13-5-7(8)11-14-9-3-1-2-4-10(9)17-11/h1-6,13H,(H,15,16). The predicted molar refractivity (Wildman–Crippen MR) is 66.4 cm³/mol. The van der Waals surface area contributed by atoms with Gasteiger partial charge in [0, 0.05) is 18.0 Å². The maximum Gasteiger partial charge on any atom is 0.337 e. The Morgan fingerprint density at radius 3 is 2.88 bits per heavy atom. The van der Waals surface area contributed by atoms with Gasteiger partial charge >= 0.3 is 5.97 Å². The SMILES string of the molecule is O=C(O)c1c[nH]cc1-c1nc2ccccc2s1. The number of aromatic carboxylic acids is 1. The first-order chi connectivity index (χ1) is 8.25. The van der Waals surface area contributed by atoms with Crippen LogP contribution in [-0.2, 0) is 0 Å². The van der Waals surface area contributed by atoms with Gasteiger partial charge in [-0.05, 0) is 12.1 Å². The summed E-state index contributed by atoms with van der Waals surface area (Å²) in [5.41, 5.74) is 1.78. The van der Waals surface area contributed by atoms with Crippen LogP contribution in [0, 0.1) is 0 Å². The average molecular weight is 244 g/mol. The summed E-state index contributed by atoms with van der Waals surface area (Å²) >= 11 is 1.49. The molecule has 84 valence electrons. The van der Waals surface area contributed by atoms with Crippen molar-refractivity contribution in [2.75, 3.05) is 0 Å². The molecule has 0 atom stereocenters. The van der Waals surface area contributed by atoms with E-state index >= 15 is 0 Å². The lowest BCUT2D eigenvalue weighted by Gasteiger charge is -1.93. The topological polar surface area (TPSA) is 66.0 Å². The van der Waals surface area contributed by atoms with Crippen LogP contribution in [0.25, 0.3) is 20.8 Å². The molecule has 3 rings (SSSR count). The second kappa shape index (κ2) is 3.71. The number of carbonyl (C=O) groups is 1. The second-order valence-corrected chi connectivity index (χ2v) is 4.61. The van der Waals surface area contributed by atoms with Crippen molar-refractivity contribution >= 4 is 27.5 Å². The van der Waals surface area contributed by atoms with E-state index in [1.54, 1.807) is 6.20 Å². The molecule has 0 unspecified atom stereocenters. The number of para-hydroxylation sites is 1. The molecule has 0 saturated heterocycles. The van der Waals surface area contributed by atoms with E-state index in [4.69, 9.17) is 5.11 Å². The van der Waals surface area contributed by atoms with E-state index < -0.39 is 5.97 Å². The van der Waals surface area contributed by atoms with Crippen molar-refractivity contribution in [1.29, 1.82) is 0 Å². The van der Waals surface area contributed by atoms with Crippen LogP contribution in [0.5, 0.6) is 0 Å². The smallest absolute Gasteiger partial charge is 0.337 e. The fourth-order valence-corrected chi connectivity index (χ4v) is 2.70. The van der Waals surface area contributed by atoms with Gasteiger partial charge in [0.15, 0.2) is 0 Å². The number of aromatic nitrogens is 2. The normalized spacial score (nSPS) is 10.8. The Bertz CT molecular complexity index is 666. The molecule has 2 aromatic heterocycles. The van der Waals surface area contributed by atoms with Crippen LogP contribution < -0.4 is 0 Å². The molecule has 0 fully saturated rings. The van der Waals surface area contributed by atoms with Gasteiger partial charge in [-0.1, -0.05) is 12.1 Å². The molecule has 1 aromatic carbocycles. The van der Waals surface area contributed by atoms with Gasteiger partial charge in [-0.15, -0.1) is 11.3 Å². The van der Waals surface area contributed by atoms with Gasteiger partial charge in [-0.3, -0.25) is 0 Å². The van der Waals surface area contributed by atoms with Crippen LogP contribution in [0.1, 0.15) is 10.4 Å². The minimum atomic E-state index is -0.944. The van der Waals surface area contributed by atoms with Crippen LogP contribution in [0.15, 0.2) is 36.7 Å². The number of nitrogens with one attached hydrogen (secondary N) is 1. The van der Waals surface area contributed by atoms with E-state index in [1.807, 2.05) is 24.3 Å². The molecule has 0 amide bonds. The van der Waals surface area contributed by atoms with Crippen LogP contribution >= 0.6 is 11.3 Å². The minimum absolute atomic E-state index is 0.254. The lowest BCUT2D eigenvalue weighted by Crippen LogP contribution is -1.95. The van der Waals surface area contributed by atoms with E-state index in [1.165, 1.54) is 17.5 Å². The van der Waals surface area contributed by atoms with E-state index in [0.717, 1.165) is 15.2 Å². The van der Waals surface area contributed by atoms with E-state index in [-0.39, 0.29) is 5.56 Å². The zero-order valence-corrected chi connectivity index (χ0v) is 9.49. The number of rotatable bonds is 2. The highest BCUT2D eigenvalue weighted by atomic mass is 32.1. The van der Waals surface area contributed by atoms with Gasteiger partial charge in [0.05, 0.1) is 15.8 Å². The monoisotopic (exact) mass is 244 g/mol. The fraction of sp³-hybridized carbons (Fsp3) is 0. The quantitative estimate of drug-likeness (QED) is 0.728. The van der Waals surface area contributed by atoms with E-state index in [0.29, 0.717) is 5.56 Å². The van der Waals surface area contributed by atoms with E-state index in [9.17, 15) is 4.79 Å². The molecule has 3 aromatic rings. The molecular weight excluding hydrogens is 236 g/mol. The van der Waals surface area contributed by atoms with Crippen LogP contribution in [0.2, 0.25) is 0 Å². The van der Waals surface area contributed by atoms with Crippen molar-refractivity contribution in [3.05, 3.63) is 42.2 Å². The highest BCUT2D eigenvalue weighted by molar-refractivity contribution is 7.21. The molecule has 0 aliphatic heterocycles. The molecule has 4 nitrogen and oxygen atoms in total. The van der Waals surface area contributed by atoms with Gasteiger partial charge in [-0.25, -0.2) is 9.78 Å². The molecule has 0 saturated carbocycles. The number of fused-ring (bicyclic) bond motifs is 1. The summed E-state index contributed by atoms with van der Waals surface area (Å²) in [6.45, 7) is 0. The maximum absolute atomic E-state index is 11.0. The number of H-pyrrole nitrogens is 1. The highest BCUT2D eigenvalue weighted by Gasteiger charge is 2.15. The number of carboxylic acid groups (broad SMARTS) is 1. The summed E-state index contributed by atoms with van der Waals surface area (Å²) in [4.78, 5) is 18.3. The molecule has 0 spiro atoms. The highest BCUT2D eigenvalue weighted by Crippen LogP contribution is 2.31. The van der Waals surface area contributed by atoms with Crippen molar-refractivity contribution in [2.24, 2.45) is 0 Å². The molecule has 2 N–H and O–H groups in total. The molecular formula is C12H8N2O2S. The third-order valence-corrected chi connectivity index (χ3v) is 3.57. The zero-order chi connectivity index (χ0) is 11.8. The van der Waals surface area contributed by atoms with Crippen molar-refractivity contribution in [3.63, 3.8) is 0 Å². The largest absolute Gasteiger partial charge is 0.478 e. The lowest BCUT2D eigenvalue weighted by molar-refractivity contribution is 0.0698. The summed E-state index contributed by atoms with van der Waals surface area (Å²) < 4.78 is 1.06. The molecule has 5 heteroatoms. The second-order valence-electron chi connectivity index (χ2n) is 3.57. The summed E-state index contributed by atoms with van der Waals surface area (Å²) in [6, 6.07) is 7.76. The minimum Gasteiger partial charge on any atom is -0.478 e. The van der Waals surface area contributed by atoms with Crippen molar-refractivity contribution in [2.45, 2.75) is 0 Å². The Hall–Kier alpha value is -2.14. The van der Waals surface area contributed by atoms with Crippen molar-refractivity contribution in [1.82, 2.24) is 9.97 Å². The third kappa shape index (κ3) is 1.60. The van der Waals surface area contributed by atoms with Crippen LogP contribution in [-0.4, -0.2) is 21.0 Å². The van der Waals surface area contributed by atoms with Crippen molar-refractivity contribution in [3.8, 4) is 10.6 Å². The number of nitrogens with zero attached hydrogens (tertiary/aromatic N) is 1. The number of carboxylic acids is 1. The Kier molecular flexibility index (Phi) is 2.19. The Labute approximate surface area is 101 Å². The molecule has 2 heterocycles. The zero-order valence-electron chi connectivity index (χ0n) is 8.68. The summed E-state index contributed by atoms with van der Waals surface area (Å²) in [5.74, 6) is -0.944. The van der Waals surface area contributed by atoms with Crippen LogP contribution in [0.4, 0.5) is 0 Å². The van der Waals surface area contributed by atoms with Gasteiger partial charge < -0.3 is 10.1 Å². The number of benzene rings is 1. The van der Waals surface area contributed by atoms with Gasteiger partial charge in [-0.2, -0.15) is 0 Å². The molecule has 0 radical (unpaired) electrons. The average Bonchev–Trinajstić information content (AvgIpc) is 2.95. The number of hydrogen-bond donors (Lipinski definition) is 2. The van der Waals surface area contributed by atoms with Gasteiger partial charge in [0.2, 0.25) is 0 Å². The van der Waals surface area contributed by atoms with Gasteiger partial charge in [0.1, 0.15) is 5.01 Å².